The lowest BCUT2D eigenvalue weighted by molar-refractivity contribution is -0.121. The second kappa shape index (κ2) is 7.61. The molecule has 0 saturated carbocycles. The molecule has 8 heteroatoms. The van der Waals surface area contributed by atoms with E-state index in [1.807, 2.05) is 18.3 Å². The summed E-state index contributed by atoms with van der Waals surface area (Å²) >= 11 is 0. The summed E-state index contributed by atoms with van der Waals surface area (Å²) in [6, 6.07) is 9.41. The largest absolute Gasteiger partial charge is 0.354 e. The van der Waals surface area contributed by atoms with E-state index >= 15 is 0 Å². The van der Waals surface area contributed by atoms with Crippen LogP contribution in [0, 0.1) is 0 Å². The number of imide groups is 1. The van der Waals surface area contributed by atoms with Crippen LogP contribution >= 0.6 is 0 Å². The number of amides is 4. The number of nitrogens with one attached hydrogen (secondary N) is 2. The third-order valence-electron chi connectivity index (χ3n) is 3.92. The van der Waals surface area contributed by atoms with Crippen molar-refractivity contribution < 1.29 is 14.4 Å². The first-order valence-electron chi connectivity index (χ1n) is 8.09. The fourth-order valence-corrected chi connectivity index (χ4v) is 2.65. The Bertz CT molecular complexity index is 745. The van der Waals surface area contributed by atoms with Gasteiger partial charge < -0.3 is 10.6 Å². The summed E-state index contributed by atoms with van der Waals surface area (Å²) in [5.41, 5.74) is 0.524. The summed E-state index contributed by atoms with van der Waals surface area (Å²) in [6.07, 6.45) is 3.92. The molecule has 2 aromatic rings. The van der Waals surface area contributed by atoms with E-state index in [0.29, 0.717) is 18.8 Å². The standard InChI is InChI=1S/C17H19N5O3/c23-15(18-10-12-21-11-4-9-19-21)8-7-14-16(24)22(17(25)20-14)13-5-2-1-3-6-13/h1-6,9,11,14H,7-8,10,12H2,(H,18,23)(H,20,25). The van der Waals surface area contributed by atoms with Crippen LogP contribution in [0.4, 0.5) is 10.5 Å². The van der Waals surface area contributed by atoms with Crippen molar-refractivity contribution in [3.8, 4) is 0 Å². The third kappa shape index (κ3) is 4.03. The lowest BCUT2D eigenvalue weighted by atomic mass is 10.1. The van der Waals surface area contributed by atoms with E-state index in [-0.39, 0.29) is 24.7 Å². The van der Waals surface area contributed by atoms with Crippen LogP contribution in [0.1, 0.15) is 12.8 Å². The van der Waals surface area contributed by atoms with Gasteiger partial charge in [-0.1, -0.05) is 18.2 Å². The smallest absolute Gasteiger partial charge is 0.329 e. The third-order valence-corrected chi connectivity index (χ3v) is 3.92. The zero-order valence-electron chi connectivity index (χ0n) is 13.6. The molecule has 0 bridgehead atoms. The molecule has 0 radical (unpaired) electrons. The van der Waals surface area contributed by atoms with Gasteiger partial charge in [0, 0.05) is 25.4 Å². The van der Waals surface area contributed by atoms with Gasteiger partial charge in [-0.3, -0.25) is 14.3 Å². The second-order valence-electron chi connectivity index (χ2n) is 5.67. The second-order valence-corrected chi connectivity index (χ2v) is 5.67. The molecule has 25 heavy (non-hydrogen) atoms. The number of para-hydroxylation sites is 1. The maximum atomic E-state index is 12.4. The van der Waals surface area contributed by atoms with Gasteiger partial charge in [0.2, 0.25) is 5.91 Å². The van der Waals surface area contributed by atoms with Gasteiger partial charge in [-0.2, -0.15) is 5.10 Å². The van der Waals surface area contributed by atoms with Crippen LogP contribution in [-0.2, 0) is 16.1 Å². The number of nitrogens with zero attached hydrogens (tertiary/aromatic N) is 3. The van der Waals surface area contributed by atoms with Crippen molar-refractivity contribution in [2.45, 2.75) is 25.4 Å². The number of hydrogen-bond donors (Lipinski definition) is 2. The number of hydrogen-bond acceptors (Lipinski definition) is 4. The Morgan fingerprint density at radius 2 is 2.00 bits per heavy atom. The highest BCUT2D eigenvalue weighted by atomic mass is 16.2. The number of aromatic nitrogens is 2. The summed E-state index contributed by atoms with van der Waals surface area (Å²) in [6.45, 7) is 1.04. The molecule has 1 saturated heterocycles. The number of carbonyl (C=O) groups is 3. The zero-order valence-corrected chi connectivity index (χ0v) is 13.6. The Labute approximate surface area is 144 Å². The summed E-state index contributed by atoms with van der Waals surface area (Å²) in [5.74, 6) is -0.493. The monoisotopic (exact) mass is 341 g/mol. The van der Waals surface area contributed by atoms with Crippen molar-refractivity contribution in [3.05, 3.63) is 48.8 Å². The molecule has 1 aliphatic rings. The Morgan fingerprint density at radius 1 is 1.20 bits per heavy atom. The highest BCUT2D eigenvalue weighted by Gasteiger charge is 2.38. The van der Waals surface area contributed by atoms with Crippen LogP contribution in [0.3, 0.4) is 0 Å². The number of anilines is 1. The molecule has 1 aliphatic heterocycles. The van der Waals surface area contributed by atoms with Crippen molar-refractivity contribution in [2.75, 3.05) is 11.4 Å². The van der Waals surface area contributed by atoms with E-state index in [9.17, 15) is 14.4 Å². The summed E-state index contributed by atoms with van der Waals surface area (Å²) in [5, 5.41) is 9.45. The molecular weight excluding hydrogens is 322 g/mol. The first kappa shape index (κ1) is 16.7. The fraction of sp³-hybridized carbons (Fsp3) is 0.294. The van der Waals surface area contributed by atoms with E-state index in [1.54, 1.807) is 35.1 Å². The lowest BCUT2D eigenvalue weighted by Crippen LogP contribution is -2.33. The SMILES string of the molecule is O=C(CCC1NC(=O)N(c2ccccc2)C1=O)NCCn1cccn1. The Morgan fingerprint density at radius 3 is 2.72 bits per heavy atom. The van der Waals surface area contributed by atoms with Crippen molar-refractivity contribution >= 4 is 23.5 Å². The van der Waals surface area contributed by atoms with Gasteiger partial charge in [-0.15, -0.1) is 0 Å². The average molecular weight is 341 g/mol. The molecule has 0 aliphatic carbocycles. The molecule has 1 unspecified atom stereocenters. The molecular formula is C17H19N5O3. The summed E-state index contributed by atoms with van der Waals surface area (Å²) < 4.78 is 1.72. The Balaban J connectivity index is 1.46. The van der Waals surface area contributed by atoms with Gasteiger partial charge in [0.05, 0.1) is 12.2 Å². The average Bonchev–Trinajstić information content (AvgIpc) is 3.22. The highest BCUT2D eigenvalue weighted by Crippen LogP contribution is 2.20. The van der Waals surface area contributed by atoms with E-state index in [4.69, 9.17) is 0 Å². The molecule has 3 rings (SSSR count). The number of urea groups is 1. The van der Waals surface area contributed by atoms with Crippen LogP contribution < -0.4 is 15.5 Å². The summed E-state index contributed by atoms with van der Waals surface area (Å²) in [4.78, 5) is 37.4. The van der Waals surface area contributed by atoms with E-state index in [2.05, 4.69) is 15.7 Å². The molecule has 2 heterocycles. The minimum Gasteiger partial charge on any atom is -0.354 e. The van der Waals surface area contributed by atoms with Crippen molar-refractivity contribution in [1.82, 2.24) is 20.4 Å². The molecule has 1 fully saturated rings. The van der Waals surface area contributed by atoms with E-state index in [0.717, 1.165) is 4.90 Å². The first-order valence-corrected chi connectivity index (χ1v) is 8.09. The van der Waals surface area contributed by atoms with Crippen LogP contribution in [0.2, 0.25) is 0 Å². The van der Waals surface area contributed by atoms with Crippen molar-refractivity contribution in [2.24, 2.45) is 0 Å². The van der Waals surface area contributed by atoms with Crippen molar-refractivity contribution in [1.29, 1.82) is 0 Å². The van der Waals surface area contributed by atoms with Gasteiger partial charge in [-0.05, 0) is 24.6 Å². The predicted molar refractivity (Wildman–Crippen MR) is 90.7 cm³/mol. The molecule has 130 valence electrons. The number of rotatable bonds is 7. The van der Waals surface area contributed by atoms with Crippen LogP contribution in [0.5, 0.6) is 0 Å². The van der Waals surface area contributed by atoms with E-state index in [1.165, 1.54) is 0 Å². The first-order chi connectivity index (χ1) is 12.1. The van der Waals surface area contributed by atoms with Crippen LogP contribution in [-0.4, -0.2) is 40.2 Å². The normalized spacial score (nSPS) is 16.8. The Hall–Kier alpha value is -3.16. The molecule has 8 nitrogen and oxygen atoms in total. The van der Waals surface area contributed by atoms with Gasteiger partial charge in [0.1, 0.15) is 6.04 Å². The molecule has 1 aromatic carbocycles. The molecule has 1 aromatic heterocycles. The molecule has 2 N–H and O–H groups in total. The zero-order chi connectivity index (χ0) is 17.6. The van der Waals surface area contributed by atoms with Crippen LogP contribution in [0.25, 0.3) is 0 Å². The molecule has 4 amide bonds. The van der Waals surface area contributed by atoms with Gasteiger partial charge in [0.15, 0.2) is 0 Å². The topological polar surface area (TPSA) is 96.3 Å². The molecule has 1 atom stereocenters. The van der Waals surface area contributed by atoms with E-state index < -0.39 is 12.1 Å². The number of carbonyl (C=O) groups excluding carboxylic acids is 3. The quantitative estimate of drug-likeness (QED) is 0.732. The maximum Gasteiger partial charge on any atom is 0.329 e. The summed E-state index contributed by atoms with van der Waals surface area (Å²) in [7, 11) is 0. The minimum absolute atomic E-state index is 0.160. The predicted octanol–water partition coefficient (Wildman–Crippen LogP) is 0.904. The lowest BCUT2D eigenvalue weighted by Gasteiger charge is -2.12. The van der Waals surface area contributed by atoms with Gasteiger partial charge >= 0.3 is 6.03 Å². The van der Waals surface area contributed by atoms with Gasteiger partial charge in [-0.25, -0.2) is 9.69 Å². The van der Waals surface area contributed by atoms with Crippen molar-refractivity contribution in [3.63, 3.8) is 0 Å². The maximum absolute atomic E-state index is 12.4. The fourth-order valence-electron chi connectivity index (χ4n) is 2.65. The number of benzene rings is 1. The molecule has 0 spiro atoms. The minimum atomic E-state index is -0.676. The Kier molecular flexibility index (Phi) is 5.08. The van der Waals surface area contributed by atoms with Gasteiger partial charge in [0.25, 0.3) is 5.91 Å². The highest BCUT2D eigenvalue weighted by molar-refractivity contribution is 6.21. The van der Waals surface area contributed by atoms with Crippen LogP contribution in [0.15, 0.2) is 48.8 Å².